The second kappa shape index (κ2) is 26.9. The van der Waals surface area contributed by atoms with Crippen molar-refractivity contribution in [3.05, 3.63) is 35.9 Å². The standard InChI is InChI=1S/C52H81N5O12/c1-10-32(4)46(41(68-8)30-44(61)56-25-17-20-39(56)48(69-9)34(6)40(58)29-37(52(66)67)27-35-18-13-11-14-19-35)55(7)50(63)45(31(2)3)54-49(62)47-36-22-23-38(28-36)57(47)43(60)21-15-12-16-24-53-42(59)26-33(5)51(64)65/h11,13-14,18-19,31-34,36-39,41,45-48H,10,12,15-17,20-30H2,1-9H3,(H,53,59)(H,54,62)(H,64,65)(H,66,67)/t32-,33?,34-,36-,37+,38-,39-,41+,45-,46-,47-,48+/m0/s1. The van der Waals surface area contributed by atoms with Gasteiger partial charge in [-0.1, -0.05) is 84.7 Å². The summed E-state index contributed by atoms with van der Waals surface area (Å²) in [6.45, 7) is 11.8. The van der Waals surface area contributed by atoms with Crippen LogP contribution in [-0.4, -0.2) is 149 Å². The lowest BCUT2D eigenvalue weighted by Crippen LogP contribution is -2.60. The van der Waals surface area contributed by atoms with E-state index in [-0.39, 0.29) is 91.2 Å². The van der Waals surface area contributed by atoms with E-state index in [1.165, 1.54) is 21.1 Å². The number of hydrogen-bond acceptors (Lipinski definition) is 10. The number of carboxylic acids is 2. The van der Waals surface area contributed by atoms with Gasteiger partial charge in [-0.05, 0) is 74.7 Å². The number of likely N-dealkylation sites (N-methyl/N-ethyl adjacent to an activating group) is 1. The zero-order chi connectivity index (χ0) is 51.1. The molecule has 1 saturated carbocycles. The Morgan fingerprint density at radius 2 is 1.54 bits per heavy atom. The summed E-state index contributed by atoms with van der Waals surface area (Å²) >= 11 is 0. The molecular weight excluding hydrogens is 887 g/mol. The summed E-state index contributed by atoms with van der Waals surface area (Å²) in [6.07, 6.45) is 4.89. The second-order valence-electron chi connectivity index (χ2n) is 20.3. The molecule has 3 fully saturated rings. The zero-order valence-electron chi connectivity index (χ0n) is 42.5. The Kier molecular flexibility index (Phi) is 22.1. The minimum Gasteiger partial charge on any atom is -0.481 e. The van der Waals surface area contributed by atoms with Crippen molar-refractivity contribution < 1.29 is 58.0 Å². The number of unbranched alkanes of at least 4 members (excludes halogenated alkanes) is 2. The van der Waals surface area contributed by atoms with E-state index < -0.39 is 66.1 Å². The predicted molar refractivity (Wildman–Crippen MR) is 258 cm³/mol. The molecule has 5 amide bonds. The maximum absolute atomic E-state index is 14.7. The Morgan fingerprint density at radius 3 is 2.14 bits per heavy atom. The summed E-state index contributed by atoms with van der Waals surface area (Å²) in [6, 6.07) is 6.53. The molecule has 2 saturated heterocycles. The predicted octanol–water partition coefficient (Wildman–Crippen LogP) is 5.12. The van der Waals surface area contributed by atoms with E-state index in [0.717, 1.165) is 24.8 Å². The summed E-state index contributed by atoms with van der Waals surface area (Å²) in [5.41, 5.74) is 0.826. The van der Waals surface area contributed by atoms with Gasteiger partial charge in [-0.2, -0.15) is 0 Å². The van der Waals surface area contributed by atoms with E-state index >= 15 is 0 Å². The molecule has 4 rings (SSSR count). The number of likely N-dealkylation sites (tertiary alicyclic amines) is 2. The molecule has 17 nitrogen and oxygen atoms in total. The van der Waals surface area contributed by atoms with E-state index in [4.69, 9.17) is 14.6 Å². The number of carbonyl (C=O) groups excluding carboxylic acids is 6. The van der Waals surface area contributed by atoms with Crippen LogP contribution in [0.2, 0.25) is 0 Å². The van der Waals surface area contributed by atoms with Crippen LogP contribution in [0.3, 0.4) is 0 Å². The first-order valence-electron chi connectivity index (χ1n) is 25.3. The van der Waals surface area contributed by atoms with E-state index in [1.54, 1.807) is 28.7 Å². The first kappa shape index (κ1) is 56.7. The molecule has 2 bridgehead atoms. The Balaban J connectivity index is 1.40. The van der Waals surface area contributed by atoms with E-state index in [2.05, 4.69) is 10.6 Å². The van der Waals surface area contributed by atoms with Crippen molar-refractivity contribution in [3.63, 3.8) is 0 Å². The normalized spacial score (nSPS) is 22.2. The van der Waals surface area contributed by atoms with Crippen LogP contribution in [0.5, 0.6) is 0 Å². The summed E-state index contributed by atoms with van der Waals surface area (Å²) in [5, 5.41) is 24.9. The fraction of sp³-hybridized carbons (Fsp3) is 0.731. The van der Waals surface area contributed by atoms with Crippen molar-refractivity contribution in [2.24, 2.45) is 35.5 Å². The van der Waals surface area contributed by atoms with Crippen LogP contribution in [0.1, 0.15) is 131 Å². The number of ether oxygens (including phenoxy) is 2. The van der Waals surface area contributed by atoms with Crippen molar-refractivity contribution in [1.82, 2.24) is 25.3 Å². The highest BCUT2D eigenvalue weighted by molar-refractivity contribution is 5.93. The van der Waals surface area contributed by atoms with Gasteiger partial charge in [-0.3, -0.25) is 38.4 Å². The number of aliphatic carboxylic acids is 2. The number of nitrogens with one attached hydrogen (secondary N) is 2. The Morgan fingerprint density at radius 1 is 0.841 bits per heavy atom. The topological polar surface area (TPSA) is 229 Å². The van der Waals surface area contributed by atoms with Gasteiger partial charge in [0.25, 0.3) is 0 Å². The SMILES string of the molecule is CC[C@H](C)[C@@H]([C@@H](CC(=O)N1CCC[C@H]1[C@H](OC)[C@@H](C)C(=O)C[C@@H](Cc1ccccc1)C(=O)O)OC)N(C)C(=O)[C@@H](NC(=O)[C@@H]1[C@H]2CC[C@@H](C2)N1C(=O)CCCCCNC(=O)CC(C)C(=O)O)C(C)C. The largest absolute Gasteiger partial charge is 0.481 e. The van der Waals surface area contributed by atoms with Crippen molar-refractivity contribution >= 4 is 47.3 Å². The Hall–Kier alpha value is -4.90. The summed E-state index contributed by atoms with van der Waals surface area (Å²) in [4.78, 5) is 111. The molecule has 386 valence electrons. The average Bonchev–Trinajstić information content (AvgIpc) is 4.09. The average molecular weight is 968 g/mol. The molecule has 0 aromatic heterocycles. The first-order valence-corrected chi connectivity index (χ1v) is 25.3. The number of benzene rings is 1. The summed E-state index contributed by atoms with van der Waals surface area (Å²) < 4.78 is 12.0. The molecule has 12 atom stereocenters. The van der Waals surface area contributed by atoms with Gasteiger partial charge in [0.05, 0.1) is 42.5 Å². The minimum absolute atomic E-state index is 0.0192. The lowest BCUT2D eigenvalue weighted by molar-refractivity contribution is -0.149. The third kappa shape index (κ3) is 15.1. The highest BCUT2D eigenvalue weighted by Crippen LogP contribution is 2.43. The second-order valence-corrected chi connectivity index (χ2v) is 20.3. The quantitative estimate of drug-likeness (QED) is 0.0768. The number of nitrogens with zero attached hydrogens (tertiary/aromatic N) is 3. The molecule has 4 N–H and O–H groups in total. The number of methoxy groups -OCH3 is 2. The molecule has 2 aliphatic heterocycles. The van der Waals surface area contributed by atoms with Gasteiger partial charge in [-0.25, -0.2) is 0 Å². The van der Waals surface area contributed by atoms with Gasteiger partial charge in [0.2, 0.25) is 29.5 Å². The van der Waals surface area contributed by atoms with Gasteiger partial charge in [0, 0.05) is 65.6 Å². The molecule has 2 heterocycles. The summed E-state index contributed by atoms with van der Waals surface area (Å²) in [5.74, 6) is -6.48. The van der Waals surface area contributed by atoms with Gasteiger partial charge in [0.1, 0.15) is 17.9 Å². The van der Waals surface area contributed by atoms with Crippen LogP contribution < -0.4 is 10.6 Å². The lowest BCUT2D eigenvalue weighted by Gasteiger charge is -2.41. The smallest absolute Gasteiger partial charge is 0.307 e. The molecular formula is C52H81N5O12. The number of carboxylic acid groups (broad SMARTS) is 2. The Labute approximate surface area is 409 Å². The number of hydrogen-bond donors (Lipinski definition) is 4. The number of amides is 5. The van der Waals surface area contributed by atoms with Crippen molar-refractivity contribution in [3.8, 4) is 0 Å². The Bertz CT molecular complexity index is 1910. The van der Waals surface area contributed by atoms with Gasteiger partial charge in [-0.15, -0.1) is 0 Å². The lowest BCUT2D eigenvalue weighted by atomic mass is 9.85. The van der Waals surface area contributed by atoms with Crippen molar-refractivity contribution in [1.29, 1.82) is 0 Å². The molecule has 69 heavy (non-hydrogen) atoms. The maximum atomic E-state index is 14.7. The number of ketones is 1. The monoisotopic (exact) mass is 968 g/mol. The van der Waals surface area contributed by atoms with Crippen LogP contribution in [0, 0.1) is 35.5 Å². The molecule has 1 aromatic rings. The maximum Gasteiger partial charge on any atom is 0.307 e. The molecule has 1 aliphatic carbocycles. The van der Waals surface area contributed by atoms with E-state index in [9.17, 15) is 43.5 Å². The van der Waals surface area contributed by atoms with Crippen LogP contribution >= 0.6 is 0 Å². The molecule has 1 aromatic carbocycles. The molecule has 0 radical (unpaired) electrons. The van der Waals surface area contributed by atoms with Crippen molar-refractivity contribution in [2.75, 3.05) is 34.4 Å². The van der Waals surface area contributed by atoms with E-state index in [0.29, 0.717) is 51.6 Å². The molecule has 3 aliphatic rings. The fourth-order valence-corrected chi connectivity index (χ4v) is 10.9. The third-order valence-electron chi connectivity index (χ3n) is 15.1. The van der Waals surface area contributed by atoms with E-state index in [1.807, 2.05) is 58.0 Å². The molecule has 1 unspecified atom stereocenters. The number of rotatable bonds is 29. The van der Waals surface area contributed by atoms with Gasteiger partial charge < -0.3 is 45.0 Å². The van der Waals surface area contributed by atoms with Crippen LogP contribution in [0.4, 0.5) is 0 Å². The number of carbonyl (C=O) groups is 8. The highest BCUT2D eigenvalue weighted by atomic mass is 16.5. The number of piperidine rings is 1. The molecule has 17 heteroatoms. The zero-order valence-corrected chi connectivity index (χ0v) is 42.5. The van der Waals surface area contributed by atoms with Crippen LogP contribution in [0.25, 0.3) is 0 Å². The first-order chi connectivity index (χ1) is 32.7. The third-order valence-corrected chi connectivity index (χ3v) is 15.1. The molecule has 0 spiro atoms. The fourth-order valence-electron chi connectivity index (χ4n) is 10.9. The van der Waals surface area contributed by atoms with Crippen molar-refractivity contribution in [2.45, 2.75) is 174 Å². The number of Topliss-reactive ketones (excluding diaryl/α,β-unsaturated/α-hetero) is 1. The van der Waals surface area contributed by atoms with Crippen LogP contribution in [-0.2, 0) is 54.3 Å². The summed E-state index contributed by atoms with van der Waals surface area (Å²) in [7, 11) is 4.71. The van der Waals surface area contributed by atoms with Gasteiger partial charge >= 0.3 is 11.9 Å². The highest BCUT2D eigenvalue weighted by Gasteiger charge is 2.52. The minimum atomic E-state index is -1.05. The number of fused-ring (bicyclic) bond motifs is 2. The van der Waals surface area contributed by atoms with Gasteiger partial charge in [0.15, 0.2) is 0 Å². The van der Waals surface area contributed by atoms with Crippen LogP contribution in [0.15, 0.2) is 30.3 Å².